The fourth-order valence-electron chi connectivity index (χ4n) is 4.84. The summed E-state index contributed by atoms with van der Waals surface area (Å²) in [6, 6.07) is 8.51. The Balaban J connectivity index is 1.16. The molecule has 1 saturated carbocycles. The van der Waals surface area contributed by atoms with Crippen LogP contribution >= 0.6 is 22.7 Å². The average Bonchev–Trinajstić information content (AvgIpc) is 3.65. The van der Waals surface area contributed by atoms with Crippen LogP contribution in [-0.4, -0.2) is 46.4 Å². The molecule has 1 aliphatic carbocycles. The Morgan fingerprint density at radius 2 is 1.24 bits per heavy atom. The van der Waals surface area contributed by atoms with Crippen LogP contribution in [0, 0.1) is 11.6 Å². The number of ether oxygens (including phenoxy) is 2. The largest absolute Gasteiger partial charge is 0.497 e. The number of amides is 2. The van der Waals surface area contributed by atoms with E-state index in [4.69, 9.17) is 9.47 Å². The first kappa shape index (κ1) is 29.5. The Bertz CT molecular complexity index is 1470. The quantitative estimate of drug-likeness (QED) is 0.240. The Kier molecular flexibility index (Phi) is 9.32. The lowest BCUT2D eigenvalue weighted by Gasteiger charge is -2.25. The molecule has 0 bridgehead atoms. The number of methoxy groups -OCH3 is 2. The van der Waals surface area contributed by atoms with Crippen molar-refractivity contribution in [3.05, 3.63) is 69.2 Å². The normalized spacial score (nSPS) is 16.6. The first-order valence-corrected chi connectivity index (χ1v) is 14.9. The standard InChI is InChI=1S/C28H28F2N6O4S2/c1-39-19-6-8-21(29)17(11-19)13-23(37)31-27-35-33-25(41-27)15-4-3-5-16(10-15)26-34-36-28(42-26)32-24(38)14-18-12-20(40-2)7-9-22(18)30/h6-9,11-12,15-16H,3-5,10,13-14H2,1-2H3,(H,31,35,37)(H,32,36,38). The van der Waals surface area contributed by atoms with Crippen LogP contribution in [0.2, 0.25) is 0 Å². The van der Waals surface area contributed by atoms with Crippen LogP contribution in [0.5, 0.6) is 11.5 Å². The molecule has 2 aromatic heterocycles. The lowest BCUT2D eigenvalue weighted by Crippen LogP contribution is -2.15. The van der Waals surface area contributed by atoms with E-state index in [1.807, 2.05) is 0 Å². The summed E-state index contributed by atoms with van der Waals surface area (Å²) >= 11 is 2.61. The first-order valence-electron chi connectivity index (χ1n) is 13.2. The fraction of sp³-hybridized carbons (Fsp3) is 0.357. The fourth-order valence-corrected chi connectivity index (χ4v) is 6.65. The van der Waals surface area contributed by atoms with E-state index in [9.17, 15) is 18.4 Å². The van der Waals surface area contributed by atoms with Crippen molar-refractivity contribution in [1.82, 2.24) is 20.4 Å². The van der Waals surface area contributed by atoms with Gasteiger partial charge in [-0.15, -0.1) is 20.4 Å². The molecule has 0 saturated heterocycles. The van der Waals surface area contributed by atoms with Gasteiger partial charge in [0.1, 0.15) is 33.1 Å². The molecule has 42 heavy (non-hydrogen) atoms. The van der Waals surface area contributed by atoms with Crippen LogP contribution in [0.4, 0.5) is 19.0 Å². The van der Waals surface area contributed by atoms with Crippen molar-refractivity contribution in [1.29, 1.82) is 0 Å². The molecule has 220 valence electrons. The van der Waals surface area contributed by atoms with Crippen molar-refractivity contribution < 1.29 is 27.8 Å². The summed E-state index contributed by atoms with van der Waals surface area (Å²) < 4.78 is 38.4. The Labute approximate surface area is 248 Å². The number of anilines is 2. The molecule has 4 aromatic rings. The number of nitrogens with one attached hydrogen (secondary N) is 2. The van der Waals surface area contributed by atoms with E-state index in [1.54, 1.807) is 0 Å². The summed E-state index contributed by atoms with van der Waals surface area (Å²) in [5.74, 6) is -0.574. The van der Waals surface area contributed by atoms with Gasteiger partial charge in [-0.3, -0.25) is 9.59 Å². The third kappa shape index (κ3) is 7.23. The minimum atomic E-state index is -0.484. The van der Waals surface area contributed by atoms with Crippen molar-refractivity contribution in [2.75, 3.05) is 24.9 Å². The molecule has 1 fully saturated rings. The van der Waals surface area contributed by atoms with E-state index < -0.39 is 23.4 Å². The molecule has 1 aliphatic rings. The van der Waals surface area contributed by atoms with Gasteiger partial charge in [-0.2, -0.15) is 0 Å². The van der Waals surface area contributed by atoms with Crippen molar-refractivity contribution in [2.24, 2.45) is 0 Å². The van der Waals surface area contributed by atoms with Gasteiger partial charge < -0.3 is 20.1 Å². The van der Waals surface area contributed by atoms with Gasteiger partial charge in [0, 0.05) is 23.0 Å². The molecule has 2 heterocycles. The minimum absolute atomic E-state index is 0.126. The highest BCUT2D eigenvalue weighted by Crippen LogP contribution is 2.43. The molecule has 0 aliphatic heterocycles. The lowest BCUT2D eigenvalue weighted by atomic mass is 9.82. The molecule has 2 unspecified atom stereocenters. The first-order chi connectivity index (χ1) is 20.3. The van der Waals surface area contributed by atoms with Crippen LogP contribution in [0.15, 0.2) is 36.4 Å². The average molecular weight is 615 g/mol. The molecule has 0 spiro atoms. The number of carbonyl (C=O) groups is 2. The highest BCUT2D eigenvalue weighted by atomic mass is 32.1. The van der Waals surface area contributed by atoms with Gasteiger partial charge >= 0.3 is 0 Å². The topological polar surface area (TPSA) is 128 Å². The minimum Gasteiger partial charge on any atom is -0.497 e. The summed E-state index contributed by atoms with van der Waals surface area (Å²) in [5.41, 5.74) is 0.457. The van der Waals surface area contributed by atoms with Crippen molar-refractivity contribution >= 4 is 44.8 Å². The van der Waals surface area contributed by atoms with E-state index >= 15 is 0 Å². The number of hydrogen-bond donors (Lipinski definition) is 2. The van der Waals surface area contributed by atoms with Crippen LogP contribution < -0.4 is 20.1 Å². The zero-order chi connectivity index (χ0) is 29.6. The van der Waals surface area contributed by atoms with E-state index in [0.29, 0.717) is 21.8 Å². The number of nitrogens with zero attached hydrogens (tertiary/aromatic N) is 4. The molecule has 5 rings (SSSR count). The Morgan fingerprint density at radius 1 is 0.786 bits per heavy atom. The number of aromatic nitrogens is 4. The summed E-state index contributed by atoms with van der Waals surface area (Å²) in [6.45, 7) is 0. The summed E-state index contributed by atoms with van der Waals surface area (Å²) in [4.78, 5) is 25.1. The van der Waals surface area contributed by atoms with Crippen LogP contribution in [0.1, 0.15) is 58.7 Å². The molecule has 2 amide bonds. The summed E-state index contributed by atoms with van der Waals surface area (Å²) in [5, 5.41) is 24.6. The zero-order valence-electron chi connectivity index (χ0n) is 22.9. The van der Waals surface area contributed by atoms with E-state index in [2.05, 4.69) is 31.0 Å². The number of benzene rings is 2. The monoisotopic (exact) mass is 614 g/mol. The maximum Gasteiger partial charge on any atom is 0.230 e. The second-order valence-corrected chi connectivity index (χ2v) is 11.8. The highest BCUT2D eigenvalue weighted by molar-refractivity contribution is 7.15. The van der Waals surface area contributed by atoms with Crippen LogP contribution in [0.25, 0.3) is 0 Å². The van der Waals surface area contributed by atoms with E-state index in [0.717, 1.165) is 35.7 Å². The molecule has 10 nitrogen and oxygen atoms in total. The van der Waals surface area contributed by atoms with Crippen LogP contribution in [-0.2, 0) is 22.4 Å². The van der Waals surface area contributed by atoms with E-state index in [-0.39, 0.29) is 35.8 Å². The summed E-state index contributed by atoms with van der Waals surface area (Å²) in [7, 11) is 2.96. The third-order valence-corrected chi connectivity index (χ3v) is 8.96. The molecule has 0 radical (unpaired) electrons. The Hall–Kier alpha value is -4.04. The van der Waals surface area contributed by atoms with Gasteiger partial charge in [-0.25, -0.2) is 8.78 Å². The van der Waals surface area contributed by atoms with E-state index in [1.165, 1.54) is 73.3 Å². The van der Waals surface area contributed by atoms with Crippen molar-refractivity contribution in [3.63, 3.8) is 0 Å². The maximum atomic E-state index is 14.1. The van der Waals surface area contributed by atoms with Crippen LogP contribution in [0.3, 0.4) is 0 Å². The molecular weight excluding hydrogens is 586 g/mol. The van der Waals surface area contributed by atoms with Gasteiger partial charge in [0.05, 0.1) is 27.1 Å². The van der Waals surface area contributed by atoms with Crippen molar-refractivity contribution in [3.8, 4) is 11.5 Å². The third-order valence-electron chi connectivity index (χ3n) is 6.95. The van der Waals surface area contributed by atoms with Crippen molar-refractivity contribution in [2.45, 2.75) is 50.4 Å². The SMILES string of the molecule is COc1ccc(F)c(CC(=O)Nc2nnc(C3CCCC(c4nnc(NC(=O)Cc5cc(OC)ccc5F)s4)C3)s2)c1. The van der Waals surface area contributed by atoms with Gasteiger partial charge in [0.25, 0.3) is 0 Å². The second kappa shape index (κ2) is 13.3. The molecule has 14 heteroatoms. The number of hydrogen-bond acceptors (Lipinski definition) is 10. The van der Waals surface area contributed by atoms with Gasteiger partial charge in [-0.1, -0.05) is 29.1 Å². The smallest absolute Gasteiger partial charge is 0.230 e. The molecule has 2 N–H and O–H groups in total. The molecule has 2 aromatic carbocycles. The lowest BCUT2D eigenvalue weighted by molar-refractivity contribution is -0.116. The Morgan fingerprint density at radius 3 is 1.67 bits per heavy atom. The zero-order valence-corrected chi connectivity index (χ0v) is 24.5. The van der Waals surface area contributed by atoms with Gasteiger partial charge in [-0.05, 0) is 55.7 Å². The van der Waals surface area contributed by atoms with Gasteiger partial charge in [0.15, 0.2) is 0 Å². The molecule has 2 atom stereocenters. The predicted molar refractivity (Wildman–Crippen MR) is 154 cm³/mol. The number of carbonyl (C=O) groups excluding carboxylic acids is 2. The predicted octanol–water partition coefficient (Wildman–Crippen LogP) is 5.49. The number of halogens is 2. The number of rotatable bonds is 10. The summed E-state index contributed by atoms with van der Waals surface area (Å²) in [6.07, 6.45) is 3.24. The molecular formula is C28H28F2N6O4S2. The van der Waals surface area contributed by atoms with Gasteiger partial charge in [0.2, 0.25) is 22.1 Å². The highest BCUT2D eigenvalue weighted by Gasteiger charge is 2.29. The maximum absolute atomic E-state index is 14.1. The second-order valence-electron chi connectivity index (χ2n) is 9.82.